The summed E-state index contributed by atoms with van der Waals surface area (Å²) in [5, 5.41) is 14.9. The molecule has 0 aliphatic rings. The maximum absolute atomic E-state index is 8.04. The van der Waals surface area contributed by atoms with Gasteiger partial charge < -0.3 is 5.41 Å². The Balaban J connectivity index is 4.01. The summed E-state index contributed by atoms with van der Waals surface area (Å²) < 4.78 is 0. The fourth-order valence-electron chi connectivity index (χ4n) is 0.222. The van der Waals surface area contributed by atoms with Crippen molar-refractivity contribution < 1.29 is 0 Å². The minimum Gasteiger partial charge on any atom is -0.306 e. The lowest BCUT2D eigenvalue weighted by Gasteiger charge is -1.79. The van der Waals surface area contributed by atoms with E-state index < -0.39 is 0 Å². The summed E-state index contributed by atoms with van der Waals surface area (Å²) in [6, 6.07) is 1.68. The summed E-state index contributed by atoms with van der Waals surface area (Å²) in [6.07, 6.45) is 1.29. The van der Waals surface area contributed by atoms with Crippen molar-refractivity contribution in [2.24, 2.45) is 0 Å². The van der Waals surface area contributed by atoms with Crippen LogP contribution in [-0.2, 0) is 0 Å². The molecule has 0 heterocycles. The van der Waals surface area contributed by atoms with Gasteiger partial charge in [-0.1, -0.05) is 11.6 Å². The second-order valence-electron chi connectivity index (χ2n) is 1.29. The van der Waals surface area contributed by atoms with Crippen LogP contribution in [0.2, 0.25) is 0 Å². The molecule has 0 aliphatic heterocycles. The monoisotopic (exact) mass is 128 g/mol. The van der Waals surface area contributed by atoms with Gasteiger partial charge in [0.25, 0.3) is 0 Å². The summed E-state index contributed by atoms with van der Waals surface area (Å²) in [5.41, 5.74) is 0.288. The lowest BCUT2D eigenvalue weighted by atomic mass is 10.4. The average Bonchev–Trinajstić information content (AvgIpc) is 1.65. The molecule has 0 rings (SSSR count). The molecule has 2 nitrogen and oxygen atoms in total. The van der Waals surface area contributed by atoms with E-state index in [9.17, 15) is 0 Å². The van der Waals surface area contributed by atoms with Gasteiger partial charge in [0.05, 0.1) is 0 Å². The molecule has 0 spiro atoms. The molecule has 0 aromatic rings. The molecule has 0 fully saturated rings. The second kappa shape index (κ2) is 3.23. The predicted octanol–water partition coefficient (Wildman–Crippen LogP) is 1.67. The quantitative estimate of drug-likeness (QED) is 0.424. The van der Waals surface area contributed by atoms with E-state index in [-0.39, 0.29) is 10.7 Å². The van der Waals surface area contributed by atoms with Crippen LogP contribution in [0, 0.1) is 16.7 Å². The van der Waals surface area contributed by atoms with Crippen molar-refractivity contribution in [1.82, 2.24) is 0 Å². The molecule has 0 aromatic carbocycles. The van der Waals surface area contributed by atoms with Crippen molar-refractivity contribution >= 4 is 17.3 Å². The average molecular weight is 129 g/mol. The first-order chi connectivity index (χ1) is 3.66. The van der Waals surface area contributed by atoms with Crippen molar-refractivity contribution in [2.75, 3.05) is 0 Å². The molecule has 8 heavy (non-hydrogen) atoms. The highest BCUT2D eigenvalue weighted by molar-refractivity contribution is 6.33. The van der Waals surface area contributed by atoms with Crippen LogP contribution < -0.4 is 0 Å². The number of nitrogens with one attached hydrogen (secondary N) is 1. The Morgan fingerprint density at radius 2 is 2.38 bits per heavy atom. The van der Waals surface area contributed by atoms with Crippen LogP contribution in [0.5, 0.6) is 0 Å². The number of nitriles is 1. The zero-order valence-electron chi connectivity index (χ0n) is 4.40. The van der Waals surface area contributed by atoms with Gasteiger partial charge in [-0.3, -0.25) is 0 Å². The number of allylic oxidation sites excluding steroid dienone is 2. The van der Waals surface area contributed by atoms with Crippen molar-refractivity contribution in [1.29, 1.82) is 10.7 Å². The summed E-state index contributed by atoms with van der Waals surface area (Å²) in [7, 11) is 0. The van der Waals surface area contributed by atoms with E-state index >= 15 is 0 Å². The van der Waals surface area contributed by atoms with Gasteiger partial charge in [0.1, 0.15) is 11.1 Å². The van der Waals surface area contributed by atoms with E-state index in [0.29, 0.717) is 0 Å². The smallest absolute Gasteiger partial charge is 0.120 e. The number of halogens is 1. The van der Waals surface area contributed by atoms with Crippen molar-refractivity contribution in [3.8, 4) is 6.07 Å². The predicted molar refractivity (Wildman–Crippen MR) is 32.9 cm³/mol. The Hall–Kier alpha value is -0.810. The summed E-state index contributed by atoms with van der Waals surface area (Å²) in [6.45, 7) is 1.56. The molecule has 0 aromatic heterocycles. The van der Waals surface area contributed by atoms with Gasteiger partial charge in [0.15, 0.2) is 0 Å². The largest absolute Gasteiger partial charge is 0.306 e. The number of hydrogen-bond acceptors (Lipinski definition) is 2. The molecular formula is C5H5ClN2. The molecule has 0 aliphatic carbocycles. The molecule has 0 unspecified atom stereocenters. The molecule has 0 saturated carbocycles. The van der Waals surface area contributed by atoms with Gasteiger partial charge in [-0.25, -0.2) is 0 Å². The number of nitrogens with zero attached hydrogens (tertiary/aromatic N) is 1. The van der Waals surface area contributed by atoms with Crippen molar-refractivity contribution in [3.05, 3.63) is 11.1 Å². The minimum absolute atomic E-state index is 0.0532. The van der Waals surface area contributed by atoms with E-state index in [4.69, 9.17) is 22.3 Å². The molecule has 0 atom stereocenters. The summed E-state index contributed by atoms with van der Waals surface area (Å²) in [4.78, 5) is 0. The van der Waals surface area contributed by atoms with E-state index in [0.717, 1.165) is 0 Å². The Morgan fingerprint density at radius 3 is 2.50 bits per heavy atom. The van der Waals surface area contributed by atoms with E-state index in [1.165, 1.54) is 6.08 Å². The molecule has 0 bridgehead atoms. The maximum Gasteiger partial charge on any atom is 0.120 e. The number of hydrogen-bond donors (Lipinski definition) is 1. The fraction of sp³-hybridized carbons (Fsp3) is 0.200. The van der Waals surface area contributed by atoms with Gasteiger partial charge in [-0.05, 0) is 13.0 Å². The summed E-state index contributed by atoms with van der Waals surface area (Å²) >= 11 is 5.22. The third kappa shape index (κ3) is 3.38. The Bertz CT molecular complexity index is 164. The van der Waals surface area contributed by atoms with E-state index in [1.807, 2.05) is 0 Å². The first-order valence-corrected chi connectivity index (χ1v) is 2.37. The Morgan fingerprint density at radius 1 is 1.88 bits per heavy atom. The first-order valence-electron chi connectivity index (χ1n) is 1.99. The molecular weight excluding hydrogens is 124 g/mol. The molecule has 1 N–H and O–H groups in total. The lowest BCUT2D eigenvalue weighted by molar-refractivity contribution is 1.48. The van der Waals surface area contributed by atoms with Crippen molar-refractivity contribution in [2.45, 2.75) is 6.92 Å². The van der Waals surface area contributed by atoms with E-state index in [1.54, 1.807) is 13.0 Å². The molecule has 0 amide bonds. The Labute approximate surface area is 52.9 Å². The van der Waals surface area contributed by atoms with Gasteiger partial charge in [0, 0.05) is 5.71 Å². The highest BCUT2D eigenvalue weighted by Gasteiger charge is 1.84. The highest BCUT2D eigenvalue weighted by Crippen LogP contribution is 1.96. The van der Waals surface area contributed by atoms with Crippen LogP contribution >= 0.6 is 11.6 Å². The maximum atomic E-state index is 8.04. The minimum atomic E-state index is 0.0532. The SMILES string of the molecule is CC(=N)/C=C(/Cl)C#N. The van der Waals surface area contributed by atoms with Crippen LogP contribution in [0.3, 0.4) is 0 Å². The van der Waals surface area contributed by atoms with Crippen LogP contribution in [0.25, 0.3) is 0 Å². The zero-order chi connectivity index (χ0) is 6.57. The topological polar surface area (TPSA) is 47.6 Å². The third-order valence-electron chi connectivity index (χ3n) is 0.450. The fourth-order valence-corrected chi connectivity index (χ4v) is 0.386. The third-order valence-corrected chi connectivity index (χ3v) is 0.644. The van der Waals surface area contributed by atoms with Crippen LogP contribution in [-0.4, -0.2) is 5.71 Å². The van der Waals surface area contributed by atoms with Crippen LogP contribution in [0.1, 0.15) is 6.92 Å². The van der Waals surface area contributed by atoms with Gasteiger partial charge in [-0.15, -0.1) is 0 Å². The number of rotatable bonds is 1. The van der Waals surface area contributed by atoms with Gasteiger partial charge >= 0.3 is 0 Å². The van der Waals surface area contributed by atoms with Crippen molar-refractivity contribution in [3.63, 3.8) is 0 Å². The second-order valence-corrected chi connectivity index (χ2v) is 1.69. The first kappa shape index (κ1) is 7.19. The standard InChI is InChI=1S/C5H5ClN2/c1-4(8)2-5(6)3-7/h2,8H,1H3/b5-2+,8-4?. The van der Waals surface area contributed by atoms with Gasteiger partial charge in [0.2, 0.25) is 0 Å². The molecule has 0 saturated heterocycles. The van der Waals surface area contributed by atoms with E-state index in [2.05, 4.69) is 0 Å². The normalized spacial score (nSPS) is 10.4. The van der Waals surface area contributed by atoms with Crippen LogP contribution in [0.4, 0.5) is 0 Å². The zero-order valence-corrected chi connectivity index (χ0v) is 5.16. The summed E-state index contributed by atoms with van der Waals surface area (Å²) in [5.74, 6) is 0. The van der Waals surface area contributed by atoms with Gasteiger partial charge in [-0.2, -0.15) is 5.26 Å². The molecule has 42 valence electrons. The lowest BCUT2D eigenvalue weighted by Crippen LogP contribution is -1.78. The van der Waals surface area contributed by atoms with Crippen LogP contribution in [0.15, 0.2) is 11.1 Å². The highest BCUT2D eigenvalue weighted by atomic mass is 35.5. The Kier molecular flexibility index (Phi) is 2.90. The molecule has 3 heteroatoms. The molecule has 0 radical (unpaired) electrons.